The van der Waals surface area contributed by atoms with Crippen molar-refractivity contribution in [3.8, 4) is 5.88 Å². The van der Waals surface area contributed by atoms with Crippen molar-refractivity contribution < 1.29 is 22.7 Å². The van der Waals surface area contributed by atoms with Crippen LogP contribution in [0.2, 0.25) is 0 Å². The number of fused-ring (bicyclic) bond motifs is 1. The maximum atomic E-state index is 13.0. The Labute approximate surface area is 180 Å². The highest BCUT2D eigenvalue weighted by Gasteiger charge is 2.28. The molecule has 0 spiro atoms. The molecule has 0 atom stereocenters. The lowest BCUT2D eigenvalue weighted by Gasteiger charge is -2.26. The van der Waals surface area contributed by atoms with Crippen molar-refractivity contribution in [3.05, 3.63) is 54.2 Å². The summed E-state index contributed by atoms with van der Waals surface area (Å²) in [6.07, 6.45) is 1.62. The molecule has 31 heavy (non-hydrogen) atoms. The number of rotatable bonds is 6. The molecule has 9 nitrogen and oxygen atoms in total. The Morgan fingerprint density at radius 2 is 1.97 bits per heavy atom. The minimum absolute atomic E-state index is 0.160. The fourth-order valence-corrected chi connectivity index (χ4v) is 4.98. The third-order valence-corrected chi connectivity index (χ3v) is 6.98. The van der Waals surface area contributed by atoms with Crippen molar-refractivity contribution in [2.75, 3.05) is 38.2 Å². The van der Waals surface area contributed by atoms with Crippen LogP contribution in [0.1, 0.15) is 5.56 Å². The van der Waals surface area contributed by atoms with Gasteiger partial charge in [0, 0.05) is 29.5 Å². The van der Waals surface area contributed by atoms with Gasteiger partial charge >= 0.3 is 0 Å². The number of nitrogens with one attached hydrogen (secondary N) is 1. The Bertz CT molecular complexity index is 1200. The predicted octanol–water partition coefficient (Wildman–Crippen LogP) is 1.98. The second kappa shape index (κ2) is 8.96. The SMILES string of the molecule is Cc1ccc(NC(=O)COc2nncc3ccccc23)cc1S(=O)(=O)N1CCOCC1. The van der Waals surface area contributed by atoms with Gasteiger partial charge in [-0.1, -0.05) is 24.3 Å². The molecule has 1 saturated heterocycles. The molecular weight excluding hydrogens is 420 g/mol. The Morgan fingerprint density at radius 3 is 2.77 bits per heavy atom. The Hall–Kier alpha value is -3.08. The summed E-state index contributed by atoms with van der Waals surface area (Å²) in [5, 5.41) is 12.1. The first kappa shape index (κ1) is 21.2. The molecular formula is C21H22N4O5S. The van der Waals surface area contributed by atoms with Crippen molar-refractivity contribution in [1.29, 1.82) is 0 Å². The van der Waals surface area contributed by atoms with E-state index in [1.54, 1.807) is 25.3 Å². The molecule has 1 amide bonds. The highest BCUT2D eigenvalue weighted by Crippen LogP contribution is 2.25. The fourth-order valence-electron chi connectivity index (χ4n) is 3.32. The number of carbonyl (C=O) groups excluding carboxylic acids is 1. The number of ether oxygens (including phenoxy) is 2. The molecule has 0 radical (unpaired) electrons. The number of anilines is 1. The van der Waals surface area contributed by atoms with Crippen LogP contribution in [0.15, 0.2) is 53.6 Å². The van der Waals surface area contributed by atoms with E-state index in [0.29, 0.717) is 37.6 Å². The van der Waals surface area contributed by atoms with Crippen LogP contribution >= 0.6 is 0 Å². The number of aromatic nitrogens is 2. The monoisotopic (exact) mass is 442 g/mol. The van der Waals surface area contributed by atoms with Gasteiger partial charge in [0.1, 0.15) is 0 Å². The average molecular weight is 442 g/mol. The van der Waals surface area contributed by atoms with E-state index in [0.717, 1.165) is 10.8 Å². The third kappa shape index (κ3) is 4.66. The second-order valence-electron chi connectivity index (χ2n) is 7.07. The number of nitrogens with zero attached hydrogens (tertiary/aromatic N) is 3. The van der Waals surface area contributed by atoms with Gasteiger partial charge in [0.2, 0.25) is 15.9 Å². The topological polar surface area (TPSA) is 111 Å². The van der Waals surface area contributed by atoms with E-state index in [1.165, 1.54) is 10.4 Å². The Balaban J connectivity index is 1.47. The highest BCUT2D eigenvalue weighted by molar-refractivity contribution is 7.89. The average Bonchev–Trinajstić information content (AvgIpc) is 2.79. The van der Waals surface area contributed by atoms with Crippen LogP contribution in [0, 0.1) is 6.92 Å². The van der Waals surface area contributed by atoms with E-state index in [9.17, 15) is 13.2 Å². The predicted molar refractivity (Wildman–Crippen MR) is 114 cm³/mol. The number of morpholine rings is 1. The van der Waals surface area contributed by atoms with E-state index in [2.05, 4.69) is 15.5 Å². The first-order valence-corrected chi connectivity index (χ1v) is 11.2. The van der Waals surface area contributed by atoms with Gasteiger partial charge < -0.3 is 14.8 Å². The molecule has 3 aromatic rings. The van der Waals surface area contributed by atoms with Gasteiger partial charge in [-0.2, -0.15) is 9.40 Å². The Kier molecular flexibility index (Phi) is 6.12. The second-order valence-corrected chi connectivity index (χ2v) is 8.98. The van der Waals surface area contributed by atoms with E-state index in [1.807, 2.05) is 24.3 Å². The summed E-state index contributed by atoms with van der Waals surface area (Å²) in [7, 11) is -3.68. The van der Waals surface area contributed by atoms with Crippen LogP contribution in [0.3, 0.4) is 0 Å². The Morgan fingerprint density at radius 1 is 1.19 bits per heavy atom. The fraction of sp³-hybridized carbons (Fsp3) is 0.286. The molecule has 0 unspecified atom stereocenters. The summed E-state index contributed by atoms with van der Waals surface area (Å²) in [4.78, 5) is 12.6. The number of hydrogen-bond donors (Lipinski definition) is 1. The van der Waals surface area contributed by atoms with Gasteiger partial charge in [-0.15, -0.1) is 5.10 Å². The normalized spacial score (nSPS) is 15.0. The molecule has 10 heteroatoms. The minimum atomic E-state index is -3.68. The number of sulfonamides is 1. The molecule has 162 valence electrons. The van der Waals surface area contributed by atoms with Crippen molar-refractivity contribution in [3.63, 3.8) is 0 Å². The lowest BCUT2D eigenvalue weighted by atomic mass is 10.2. The van der Waals surface area contributed by atoms with Gasteiger partial charge in [-0.3, -0.25) is 4.79 Å². The molecule has 1 fully saturated rings. The number of hydrogen-bond acceptors (Lipinski definition) is 7. The lowest BCUT2D eigenvalue weighted by Crippen LogP contribution is -2.40. The zero-order valence-electron chi connectivity index (χ0n) is 16.9. The molecule has 1 aliphatic rings. The van der Waals surface area contributed by atoms with Crippen LogP contribution in [0.25, 0.3) is 10.8 Å². The van der Waals surface area contributed by atoms with Gasteiger partial charge in [0.15, 0.2) is 6.61 Å². The first-order valence-electron chi connectivity index (χ1n) is 9.77. The highest BCUT2D eigenvalue weighted by atomic mass is 32.2. The molecule has 2 heterocycles. The molecule has 1 N–H and O–H groups in total. The van der Waals surface area contributed by atoms with Crippen LogP contribution < -0.4 is 10.1 Å². The van der Waals surface area contributed by atoms with E-state index in [-0.39, 0.29) is 17.4 Å². The van der Waals surface area contributed by atoms with Gasteiger partial charge in [0.05, 0.1) is 24.3 Å². The third-order valence-electron chi connectivity index (χ3n) is 4.94. The van der Waals surface area contributed by atoms with Crippen molar-refractivity contribution >= 4 is 32.4 Å². The summed E-state index contributed by atoms with van der Waals surface area (Å²) < 4.78 is 38.2. The largest absolute Gasteiger partial charge is 0.466 e. The molecule has 2 aromatic carbocycles. The lowest BCUT2D eigenvalue weighted by molar-refractivity contribution is -0.118. The summed E-state index contributed by atoms with van der Waals surface area (Å²) in [6.45, 7) is 2.77. The minimum Gasteiger partial charge on any atom is -0.466 e. The quantitative estimate of drug-likeness (QED) is 0.621. The standard InChI is InChI=1S/C21H22N4O5S/c1-15-6-7-17(12-19(15)31(27,28)25-8-10-29-11-9-25)23-20(26)14-30-21-18-5-3-2-4-16(18)13-22-24-21/h2-7,12-13H,8-11,14H2,1H3,(H,23,26). The van der Waals surface area contributed by atoms with Gasteiger partial charge in [-0.25, -0.2) is 8.42 Å². The van der Waals surface area contributed by atoms with Gasteiger partial charge in [0.25, 0.3) is 5.91 Å². The first-order chi connectivity index (χ1) is 14.9. The van der Waals surface area contributed by atoms with Crippen molar-refractivity contribution in [1.82, 2.24) is 14.5 Å². The summed E-state index contributed by atoms with van der Waals surface area (Å²) in [6, 6.07) is 12.2. The molecule has 1 aliphatic heterocycles. The zero-order chi connectivity index (χ0) is 21.8. The van der Waals surface area contributed by atoms with Crippen LogP contribution in [-0.2, 0) is 19.6 Å². The molecule has 4 rings (SSSR count). The van der Waals surface area contributed by atoms with E-state index in [4.69, 9.17) is 9.47 Å². The molecule has 0 aliphatic carbocycles. The maximum Gasteiger partial charge on any atom is 0.262 e. The molecule has 1 aromatic heterocycles. The van der Waals surface area contributed by atoms with Gasteiger partial charge in [-0.05, 0) is 30.7 Å². The number of aryl methyl sites for hydroxylation is 1. The number of amides is 1. The van der Waals surface area contributed by atoms with E-state index >= 15 is 0 Å². The maximum absolute atomic E-state index is 13.0. The van der Waals surface area contributed by atoms with Crippen LogP contribution in [-0.4, -0.2) is 61.7 Å². The molecule has 0 bridgehead atoms. The zero-order valence-corrected chi connectivity index (χ0v) is 17.8. The van der Waals surface area contributed by atoms with Crippen LogP contribution in [0.5, 0.6) is 5.88 Å². The van der Waals surface area contributed by atoms with Crippen molar-refractivity contribution in [2.24, 2.45) is 0 Å². The smallest absolute Gasteiger partial charge is 0.262 e. The van der Waals surface area contributed by atoms with E-state index < -0.39 is 15.9 Å². The number of benzene rings is 2. The molecule has 0 saturated carbocycles. The number of carbonyl (C=O) groups is 1. The van der Waals surface area contributed by atoms with Crippen LogP contribution in [0.4, 0.5) is 5.69 Å². The van der Waals surface area contributed by atoms with Crippen molar-refractivity contribution in [2.45, 2.75) is 11.8 Å². The summed E-state index contributed by atoms with van der Waals surface area (Å²) >= 11 is 0. The summed E-state index contributed by atoms with van der Waals surface area (Å²) in [5.74, 6) is -0.180. The summed E-state index contributed by atoms with van der Waals surface area (Å²) in [5.41, 5.74) is 0.974.